The molecule has 15 heavy (non-hydrogen) atoms. The SMILES string of the molecule is N#Cc1ccccc1C1CC1(CN)CO. The third kappa shape index (κ3) is 1.52. The number of hydrogen-bond acceptors (Lipinski definition) is 3. The Kier molecular flexibility index (Phi) is 2.47. The van der Waals surface area contributed by atoms with Crippen LogP contribution in [-0.4, -0.2) is 18.3 Å². The summed E-state index contributed by atoms with van der Waals surface area (Å²) in [5, 5.41) is 18.3. The van der Waals surface area contributed by atoms with Crippen molar-refractivity contribution in [2.24, 2.45) is 11.1 Å². The van der Waals surface area contributed by atoms with Gasteiger partial charge in [-0.1, -0.05) is 18.2 Å². The molecule has 0 amide bonds. The molecule has 0 heterocycles. The van der Waals surface area contributed by atoms with Crippen molar-refractivity contribution in [1.82, 2.24) is 0 Å². The Morgan fingerprint density at radius 3 is 2.80 bits per heavy atom. The van der Waals surface area contributed by atoms with Gasteiger partial charge in [-0.25, -0.2) is 0 Å². The van der Waals surface area contributed by atoms with Crippen molar-refractivity contribution in [2.75, 3.05) is 13.2 Å². The van der Waals surface area contributed by atoms with Crippen molar-refractivity contribution in [1.29, 1.82) is 5.26 Å². The molecule has 1 aromatic carbocycles. The lowest BCUT2D eigenvalue weighted by Crippen LogP contribution is -2.21. The standard InChI is InChI=1S/C12H14N2O/c13-6-9-3-1-2-4-10(9)11-5-12(11,7-14)8-15/h1-4,11,15H,5,7-8,14H2. The number of rotatable bonds is 3. The fourth-order valence-electron chi connectivity index (χ4n) is 2.15. The van der Waals surface area contributed by atoms with Crippen molar-refractivity contribution in [2.45, 2.75) is 12.3 Å². The third-order valence-corrected chi connectivity index (χ3v) is 3.37. The van der Waals surface area contributed by atoms with Gasteiger partial charge in [-0.05, 0) is 24.0 Å². The summed E-state index contributed by atoms with van der Waals surface area (Å²) in [5.41, 5.74) is 7.21. The Hall–Kier alpha value is -1.37. The zero-order valence-corrected chi connectivity index (χ0v) is 8.48. The van der Waals surface area contributed by atoms with Crippen LogP contribution in [0.4, 0.5) is 0 Å². The zero-order chi connectivity index (χ0) is 10.9. The van der Waals surface area contributed by atoms with E-state index >= 15 is 0 Å². The molecule has 2 atom stereocenters. The van der Waals surface area contributed by atoms with Crippen LogP contribution in [-0.2, 0) is 0 Å². The van der Waals surface area contributed by atoms with Crippen LogP contribution in [0.15, 0.2) is 24.3 Å². The zero-order valence-electron chi connectivity index (χ0n) is 8.48. The Balaban J connectivity index is 2.30. The van der Waals surface area contributed by atoms with E-state index in [1.165, 1.54) is 0 Å². The summed E-state index contributed by atoms with van der Waals surface area (Å²) in [6.07, 6.45) is 0.888. The average molecular weight is 202 g/mol. The van der Waals surface area contributed by atoms with Gasteiger partial charge in [0, 0.05) is 12.0 Å². The molecular weight excluding hydrogens is 188 g/mol. The molecule has 0 radical (unpaired) electrons. The summed E-state index contributed by atoms with van der Waals surface area (Å²) in [5.74, 6) is 0.253. The van der Waals surface area contributed by atoms with Crippen molar-refractivity contribution in [3.05, 3.63) is 35.4 Å². The van der Waals surface area contributed by atoms with Gasteiger partial charge in [-0.3, -0.25) is 0 Å². The van der Waals surface area contributed by atoms with Crippen LogP contribution in [0.3, 0.4) is 0 Å². The molecule has 0 spiro atoms. The molecule has 0 bridgehead atoms. The van der Waals surface area contributed by atoms with E-state index in [0.717, 1.165) is 12.0 Å². The average Bonchev–Trinajstić information content (AvgIpc) is 3.04. The van der Waals surface area contributed by atoms with Crippen molar-refractivity contribution < 1.29 is 5.11 Å². The highest BCUT2D eigenvalue weighted by molar-refractivity contribution is 5.44. The number of nitriles is 1. The minimum Gasteiger partial charge on any atom is -0.396 e. The number of benzene rings is 1. The van der Waals surface area contributed by atoms with E-state index in [0.29, 0.717) is 12.1 Å². The molecule has 3 nitrogen and oxygen atoms in total. The quantitative estimate of drug-likeness (QED) is 0.767. The van der Waals surface area contributed by atoms with E-state index in [1.807, 2.05) is 24.3 Å². The van der Waals surface area contributed by atoms with Crippen LogP contribution < -0.4 is 5.73 Å². The van der Waals surface area contributed by atoms with Gasteiger partial charge in [0.2, 0.25) is 0 Å². The summed E-state index contributed by atoms with van der Waals surface area (Å²) >= 11 is 0. The van der Waals surface area contributed by atoms with Crippen LogP contribution >= 0.6 is 0 Å². The number of aliphatic hydroxyl groups is 1. The number of nitrogens with two attached hydrogens (primary N) is 1. The summed E-state index contributed by atoms with van der Waals surface area (Å²) in [6, 6.07) is 9.73. The molecule has 0 aliphatic heterocycles. The molecule has 1 aliphatic carbocycles. The van der Waals surface area contributed by atoms with Crippen molar-refractivity contribution >= 4 is 0 Å². The van der Waals surface area contributed by atoms with Gasteiger partial charge in [0.25, 0.3) is 0 Å². The predicted molar refractivity (Wildman–Crippen MR) is 57.1 cm³/mol. The summed E-state index contributed by atoms with van der Waals surface area (Å²) in [4.78, 5) is 0. The summed E-state index contributed by atoms with van der Waals surface area (Å²) in [7, 11) is 0. The highest BCUT2D eigenvalue weighted by Gasteiger charge is 2.53. The molecule has 78 valence electrons. The van der Waals surface area contributed by atoms with Gasteiger partial charge >= 0.3 is 0 Å². The second kappa shape index (κ2) is 3.65. The molecule has 2 unspecified atom stereocenters. The van der Waals surface area contributed by atoms with Crippen LogP contribution in [0.2, 0.25) is 0 Å². The first-order valence-corrected chi connectivity index (χ1v) is 5.07. The smallest absolute Gasteiger partial charge is 0.0994 e. The van der Waals surface area contributed by atoms with Crippen molar-refractivity contribution in [3.63, 3.8) is 0 Å². The molecule has 2 rings (SSSR count). The molecule has 1 saturated carbocycles. The van der Waals surface area contributed by atoms with Gasteiger partial charge < -0.3 is 10.8 Å². The maximum absolute atomic E-state index is 9.29. The van der Waals surface area contributed by atoms with Crippen LogP contribution in [0, 0.1) is 16.7 Å². The molecule has 3 heteroatoms. The second-order valence-corrected chi connectivity index (χ2v) is 4.18. The molecule has 1 fully saturated rings. The molecule has 1 aliphatic rings. The largest absolute Gasteiger partial charge is 0.396 e. The van der Waals surface area contributed by atoms with E-state index in [9.17, 15) is 5.11 Å². The lowest BCUT2D eigenvalue weighted by Gasteiger charge is -2.11. The molecule has 0 aromatic heterocycles. The first-order chi connectivity index (χ1) is 7.27. The predicted octanol–water partition coefficient (Wildman–Crippen LogP) is 0.983. The minimum absolute atomic E-state index is 0.105. The highest BCUT2D eigenvalue weighted by atomic mass is 16.3. The first kappa shape index (κ1) is 10.2. The third-order valence-electron chi connectivity index (χ3n) is 3.37. The van der Waals surface area contributed by atoms with E-state index in [1.54, 1.807) is 0 Å². The van der Waals surface area contributed by atoms with E-state index in [2.05, 4.69) is 6.07 Å². The van der Waals surface area contributed by atoms with Gasteiger partial charge in [-0.15, -0.1) is 0 Å². The molecule has 0 saturated heterocycles. The molecule has 3 N–H and O–H groups in total. The Labute approximate surface area is 89.1 Å². The van der Waals surface area contributed by atoms with Crippen molar-refractivity contribution in [3.8, 4) is 6.07 Å². The van der Waals surface area contributed by atoms with Gasteiger partial charge in [0.05, 0.1) is 18.2 Å². The fraction of sp³-hybridized carbons (Fsp3) is 0.417. The monoisotopic (exact) mass is 202 g/mol. The summed E-state index contributed by atoms with van der Waals surface area (Å²) < 4.78 is 0. The Bertz CT molecular complexity index is 404. The van der Waals surface area contributed by atoms with E-state index < -0.39 is 0 Å². The van der Waals surface area contributed by atoms with Crippen LogP contribution in [0.1, 0.15) is 23.5 Å². The van der Waals surface area contributed by atoms with Gasteiger partial charge in [0.1, 0.15) is 0 Å². The van der Waals surface area contributed by atoms with Crippen LogP contribution in [0.5, 0.6) is 0 Å². The van der Waals surface area contributed by atoms with Gasteiger partial charge in [-0.2, -0.15) is 5.26 Å². The topological polar surface area (TPSA) is 70.0 Å². The maximum atomic E-state index is 9.29. The number of hydrogen-bond donors (Lipinski definition) is 2. The van der Waals surface area contributed by atoms with Gasteiger partial charge in [0.15, 0.2) is 0 Å². The van der Waals surface area contributed by atoms with E-state index in [4.69, 9.17) is 11.0 Å². The second-order valence-electron chi connectivity index (χ2n) is 4.18. The number of nitrogens with zero attached hydrogens (tertiary/aromatic N) is 1. The van der Waals surface area contributed by atoms with Crippen LogP contribution in [0.25, 0.3) is 0 Å². The normalized spacial score (nSPS) is 28.5. The lowest BCUT2D eigenvalue weighted by molar-refractivity contribution is 0.211. The highest BCUT2D eigenvalue weighted by Crippen LogP contribution is 2.58. The Morgan fingerprint density at radius 2 is 2.27 bits per heavy atom. The fourth-order valence-corrected chi connectivity index (χ4v) is 2.15. The minimum atomic E-state index is -0.174. The summed E-state index contributed by atoms with van der Waals surface area (Å²) in [6.45, 7) is 0.585. The van der Waals surface area contributed by atoms with E-state index in [-0.39, 0.29) is 17.9 Å². The lowest BCUT2D eigenvalue weighted by atomic mass is 9.97. The Morgan fingerprint density at radius 1 is 1.53 bits per heavy atom. The molecular formula is C12H14N2O. The number of aliphatic hydroxyl groups excluding tert-OH is 1. The molecule has 1 aromatic rings. The first-order valence-electron chi connectivity index (χ1n) is 5.07. The maximum Gasteiger partial charge on any atom is 0.0994 e.